The predicted octanol–water partition coefficient (Wildman–Crippen LogP) is 1.77. The normalized spacial score (nSPS) is 13.1. The van der Waals surface area contributed by atoms with Crippen LogP contribution in [0.4, 0.5) is 0 Å². The molecule has 0 saturated heterocycles. The van der Waals surface area contributed by atoms with Crippen molar-refractivity contribution in [2.24, 2.45) is 0 Å². The molecule has 0 amide bonds. The zero-order chi connectivity index (χ0) is 14.1. The monoisotopic (exact) mass is 268 g/mol. The third kappa shape index (κ3) is 1.84. The van der Waals surface area contributed by atoms with Gasteiger partial charge in [0.25, 0.3) is 5.56 Å². The quantitative estimate of drug-likeness (QED) is 0.739. The van der Waals surface area contributed by atoms with Gasteiger partial charge in [-0.15, -0.1) is 0 Å². The number of methoxy groups -OCH3 is 1. The minimum absolute atomic E-state index is 0.239. The molecule has 2 heterocycles. The Balaban J connectivity index is 2.40. The summed E-state index contributed by atoms with van der Waals surface area (Å²) in [6, 6.07) is 4.99. The predicted molar refractivity (Wildman–Crippen MR) is 75.5 cm³/mol. The van der Waals surface area contributed by atoms with Gasteiger partial charge in [-0.05, 0) is 18.2 Å². The summed E-state index contributed by atoms with van der Waals surface area (Å²) in [4.78, 5) is 28.9. The largest absolute Gasteiger partial charge is 0.465 e. The molecule has 100 valence electrons. The number of esters is 1. The van der Waals surface area contributed by atoms with Crippen LogP contribution >= 0.6 is 0 Å². The minimum atomic E-state index is -0.536. The second kappa shape index (κ2) is 4.77. The summed E-state index contributed by atoms with van der Waals surface area (Å²) in [5, 5.41) is 0.287. The Morgan fingerprint density at radius 3 is 3.00 bits per heavy atom. The Hall–Kier alpha value is -2.69. The average molecular weight is 268 g/mol. The molecular weight excluding hydrogens is 256 g/mol. The van der Waals surface area contributed by atoms with Crippen LogP contribution < -0.4 is 5.56 Å². The van der Waals surface area contributed by atoms with Gasteiger partial charge in [0, 0.05) is 12.6 Å². The SMILES string of the molecule is COC(=O)c1cccc2nc3n(c(=O)c12)C=CC=CC3. The van der Waals surface area contributed by atoms with Crippen LogP contribution in [0.3, 0.4) is 0 Å². The van der Waals surface area contributed by atoms with E-state index < -0.39 is 5.97 Å². The Morgan fingerprint density at radius 2 is 2.20 bits per heavy atom. The number of ether oxygens (including phenoxy) is 1. The number of hydrogen-bond acceptors (Lipinski definition) is 4. The van der Waals surface area contributed by atoms with Crippen LogP contribution in [-0.2, 0) is 11.2 Å². The average Bonchev–Trinajstić information content (AvgIpc) is 2.71. The fourth-order valence-electron chi connectivity index (χ4n) is 2.25. The molecule has 0 spiro atoms. The van der Waals surface area contributed by atoms with Crippen molar-refractivity contribution in [2.75, 3.05) is 7.11 Å². The Labute approximate surface area is 114 Å². The molecule has 5 nitrogen and oxygen atoms in total. The number of aromatic nitrogens is 2. The third-order valence-electron chi connectivity index (χ3n) is 3.19. The molecule has 1 aromatic carbocycles. The molecule has 2 aromatic rings. The van der Waals surface area contributed by atoms with E-state index in [1.54, 1.807) is 30.5 Å². The maximum absolute atomic E-state index is 12.6. The van der Waals surface area contributed by atoms with Gasteiger partial charge in [0.05, 0.1) is 23.6 Å². The van der Waals surface area contributed by atoms with E-state index in [0.717, 1.165) is 0 Å². The highest BCUT2D eigenvalue weighted by molar-refractivity contribution is 6.03. The van der Waals surface area contributed by atoms with E-state index in [9.17, 15) is 9.59 Å². The first-order valence-electron chi connectivity index (χ1n) is 6.18. The van der Waals surface area contributed by atoms with Gasteiger partial charge in [-0.2, -0.15) is 0 Å². The summed E-state index contributed by atoms with van der Waals surface area (Å²) in [6.07, 6.45) is 7.78. The molecule has 1 aromatic heterocycles. The van der Waals surface area contributed by atoms with E-state index in [-0.39, 0.29) is 16.5 Å². The van der Waals surface area contributed by atoms with Gasteiger partial charge in [0.15, 0.2) is 0 Å². The van der Waals surface area contributed by atoms with Crippen molar-refractivity contribution >= 4 is 23.1 Å². The van der Waals surface area contributed by atoms with Gasteiger partial charge in [0.2, 0.25) is 0 Å². The molecule has 0 unspecified atom stereocenters. The molecule has 1 aliphatic heterocycles. The summed E-state index contributed by atoms with van der Waals surface area (Å²) in [6.45, 7) is 0. The van der Waals surface area contributed by atoms with E-state index in [2.05, 4.69) is 4.98 Å². The molecule has 0 N–H and O–H groups in total. The first-order valence-corrected chi connectivity index (χ1v) is 6.18. The van der Waals surface area contributed by atoms with Crippen LogP contribution in [0.2, 0.25) is 0 Å². The first kappa shape index (κ1) is 12.3. The number of rotatable bonds is 1. The molecule has 0 bridgehead atoms. The van der Waals surface area contributed by atoms with Crippen molar-refractivity contribution in [1.82, 2.24) is 9.55 Å². The highest BCUT2D eigenvalue weighted by Crippen LogP contribution is 2.16. The van der Waals surface area contributed by atoms with Gasteiger partial charge in [-0.3, -0.25) is 9.36 Å². The smallest absolute Gasteiger partial charge is 0.338 e. The molecule has 3 rings (SSSR count). The summed E-state index contributed by atoms with van der Waals surface area (Å²) in [5.41, 5.74) is 0.488. The summed E-state index contributed by atoms with van der Waals surface area (Å²) in [7, 11) is 1.29. The van der Waals surface area contributed by atoms with Crippen molar-refractivity contribution in [1.29, 1.82) is 0 Å². The van der Waals surface area contributed by atoms with E-state index in [1.807, 2.05) is 12.2 Å². The van der Waals surface area contributed by atoms with E-state index in [1.165, 1.54) is 11.7 Å². The maximum Gasteiger partial charge on any atom is 0.338 e. The standard InChI is InChI=1S/C15H12N2O3/c1-20-15(19)10-6-5-7-11-13(10)14(18)17-9-4-2-3-8-12(17)16-11/h2-7,9H,8H2,1H3. The van der Waals surface area contributed by atoms with Gasteiger partial charge in [-0.25, -0.2) is 9.78 Å². The lowest BCUT2D eigenvalue weighted by Gasteiger charge is -2.09. The number of nitrogens with zero attached hydrogens (tertiary/aromatic N) is 2. The highest BCUT2D eigenvalue weighted by atomic mass is 16.5. The fourth-order valence-corrected chi connectivity index (χ4v) is 2.25. The van der Waals surface area contributed by atoms with Crippen LogP contribution in [-0.4, -0.2) is 22.6 Å². The van der Waals surface area contributed by atoms with Crippen molar-refractivity contribution in [3.8, 4) is 0 Å². The van der Waals surface area contributed by atoms with Crippen molar-refractivity contribution < 1.29 is 9.53 Å². The minimum Gasteiger partial charge on any atom is -0.465 e. The molecule has 0 saturated carbocycles. The fraction of sp³-hybridized carbons (Fsp3) is 0.133. The lowest BCUT2D eigenvalue weighted by molar-refractivity contribution is 0.0603. The topological polar surface area (TPSA) is 61.2 Å². The summed E-state index contributed by atoms with van der Waals surface area (Å²) < 4.78 is 6.19. The highest BCUT2D eigenvalue weighted by Gasteiger charge is 2.17. The van der Waals surface area contributed by atoms with E-state index in [0.29, 0.717) is 17.8 Å². The molecule has 5 heteroatoms. The Bertz CT molecular complexity index is 816. The molecule has 0 fully saturated rings. The maximum atomic E-state index is 12.6. The van der Waals surface area contributed by atoms with Crippen LogP contribution in [0.5, 0.6) is 0 Å². The number of fused-ring (bicyclic) bond motifs is 2. The number of carbonyl (C=O) groups is 1. The van der Waals surface area contributed by atoms with Crippen LogP contribution in [0, 0.1) is 0 Å². The van der Waals surface area contributed by atoms with Gasteiger partial charge >= 0.3 is 5.97 Å². The number of carbonyl (C=O) groups excluding carboxylic acids is 1. The van der Waals surface area contributed by atoms with Gasteiger partial charge < -0.3 is 4.74 Å². The van der Waals surface area contributed by atoms with Crippen molar-refractivity contribution in [2.45, 2.75) is 6.42 Å². The summed E-state index contributed by atoms with van der Waals surface area (Å²) in [5.74, 6) is 0.111. The molecule has 0 atom stereocenters. The zero-order valence-electron chi connectivity index (χ0n) is 10.9. The van der Waals surface area contributed by atoms with Crippen molar-refractivity contribution in [3.05, 3.63) is 58.2 Å². The second-order valence-electron chi connectivity index (χ2n) is 4.37. The summed E-state index contributed by atoms with van der Waals surface area (Å²) >= 11 is 0. The molecular formula is C15H12N2O3. The third-order valence-corrected chi connectivity index (χ3v) is 3.19. The Morgan fingerprint density at radius 1 is 1.35 bits per heavy atom. The second-order valence-corrected chi connectivity index (χ2v) is 4.37. The van der Waals surface area contributed by atoms with Gasteiger partial charge in [-0.1, -0.05) is 18.2 Å². The zero-order valence-corrected chi connectivity index (χ0v) is 10.9. The van der Waals surface area contributed by atoms with Crippen LogP contribution in [0.15, 0.2) is 41.2 Å². The number of hydrogen-bond donors (Lipinski definition) is 0. The van der Waals surface area contributed by atoms with Crippen LogP contribution in [0.1, 0.15) is 16.2 Å². The van der Waals surface area contributed by atoms with E-state index >= 15 is 0 Å². The molecule has 20 heavy (non-hydrogen) atoms. The lowest BCUT2D eigenvalue weighted by atomic mass is 10.1. The van der Waals surface area contributed by atoms with E-state index in [4.69, 9.17) is 4.74 Å². The lowest BCUT2D eigenvalue weighted by Crippen LogP contribution is -2.23. The number of benzene rings is 1. The van der Waals surface area contributed by atoms with Crippen LogP contribution in [0.25, 0.3) is 17.1 Å². The molecule has 0 aliphatic carbocycles. The van der Waals surface area contributed by atoms with Gasteiger partial charge in [0.1, 0.15) is 5.82 Å². The first-order chi connectivity index (χ1) is 9.72. The Kier molecular flexibility index (Phi) is 2.95. The van der Waals surface area contributed by atoms with Crippen molar-refractivity contribution in [3.63, 3.8) is 0 Å². The molecule has 1 aliphatic rings. The number of allylic oxidation sites excluding steroid dienone is 3. The molecule has 0 radical (unpaired) electrons.